The Balaban J connectivity index is 2.14. The molecule has 90 valence electrons. The van der Waals surface area contributed by atoms with Gasteiger partial charge >= 0.3 is 0 Å². The van der Waals surface area contributed by atoms with Crippen LogP contribution in [0.3, 0.4) is 0 Å². The van der Waals surface area contributed by atoms with Gasteiger partial charge in [0.15, 0.2) is 0 Å². The maximum Gasteiger partial charge on any atom is 0.128 e. The Labute approximate surface area is 122 Å². The standard InChI is InChI=1S/C12H12Br2N2S/c1-8-3-12(15-5-11(8)14)16(2)6-10-4-9(13)7-17-10/h3-5,7H,6H2,1-2H3. The number of nitrogens with zero attached hydrogens (tertiary/aromatic N) is 2. The molecule has 0 unspecified atom stereocenters. The first-order chi connectivity index (χ1) is 8.06. The molecule has 0 radical (unpaired) electrons. The molecule has 0 atom stereocenters. The second-order valence-electron chi connectivity index (χ2n) is 3.88. The van der Waals surface area contributed by atoms with Crippen LogP contribution in [0.1, 0.15) is 10.4 Å². The van der Waals surface area contributed by atoms with E-state index in [1.165, 1.54) is 10.4 Å². The zero-order valence-electron chi connectivity index (χ0n) is 9.58. The van der Waals surface area contributed by atoms with E-state index in [-0.39, 0.29) is 0 Å². The van der Waals surface area contributed by atoms with Gasteiger partial charge in [0.1, 0.15) is 5.82 Å². The van der Waals surface area contributed by atoms with E-state index in [9.17, 15) is 0 Å². The Morgan fingerprint density at radius 1 is 1.35 bits per heavy atom. The van der Waals surface area contributed by atoms with Gasteiger partial charge in [-0.15, -0.1) is 11.3 Å². The van der Waals surface area contributed by atoms with Crippen molar-refractivity contribution in [3.8, 4) is 0 Å². The van der Waals surface area contributed by atoms with E-state index in [0.29, 0.717) is 0 Å². The number of anilines is 1. The Morgan fingerprint density at radius 2 is 2.12 bits per heavy atom. The molecule has 2 rings (SSSR count). The van der Waals surface area contributed by atoms with Gasteiger partial charge in [-0.3, -0.25) is 0 Å². The van der Waals surface area contributed by atoms with Crippen molar-refractivity contribution in [1.29, 1.82) is 0 Å². The minimum absolute atomic E-state index is 0.879. The quantitative estimate of drug-likeness (QED) is 0.778. The molecule has 2 aromatic heterocycles. The van der Waals surface area contributed by atoms with Gasteiger partial charge in [-0.2, -0.15) is 0 Å². The molecular formula is C12H12Br2N2S. The molecule has 2 nitrogen and oxygen atoms in total. The normalized spacial score (nSPS) is 10.6. The van der Waals surface area contributed by atoms with Crippen LogP contribution in [0.2, 0.25) is 0 Å². The van der Waals surface area contributed by atoms with E-state index in [2.05, 4.69) is 73.2 Å². The molecule has 2 aromatic rings. The second kappa shape index (κ2) is 5.50. The van der Waals surface area contributed by atoms with Crippen LogP contribution >= 0.6 is 43.2 Å². The Bertz CT molecular complexity index is 525. The summed E-state index contributed by atoms with van der Waals surface area (Å²) in [6, 6.07) is 4.24. The van der Waals surface area contributed by atoms with Crippen molar-refractivity contribution in [2.24, 2.45) is 0 Å². The molecule has 0 spiro atoms. The first kappa shape index (κ1) is 13.1. The number of pyridine rings is 1. The fraction of sp³-hybridized carbons (Fsp3) is 0.250. The lowest BCUT2D eigenvalue weighted by Gasteiger charge is -2.17. The van der Waals surface area contributed by atoms with Gasteiger partial charge in [0, 0.05) is 32.4 Å². The highest BCUT2D eigenvalue weighted by Gasteiger charge is 2.06. The van der Waals surface area contributed by atoms with Crippen molar-refractivity contribution in [3.05, 3.63) is 43.1 Å². The van der Waals surface area contributed by atoms with Gasteiger partial charge in [-0.05, 0) is 56.5 Å². The molecule has 0 aliphatic rings. The van der Waals surface area contributed by atoms with Crippen molar-refractivity contribution in [2.45, 2.75) is 13.5 Å². The molecule has 0 saturated heterocycles. The van der Waals surface area contributed by atoms with Gasteiger partial charge < -0.3 is 4.90 Å². The van der Waals surface area contributed by atoms with Gasteiger partial charge in [0.05, 0.1) is 6.54 Å². The van der Waals surface area contributed by atoms with Crippen LogP contribution in [0.5, 0.6) is 0 Å². The molecule has 5 heteroatoms. The molecule has 0 saturated carbocycles. The fourth-order valence-corrected chi connectivity index (χ4v) is 3.20. The highest BCUT2D eigenvalue weighted by molar-refractivity contribution is 9.10. The van der Waals surface area contributed by atoms with E-state index in [0.717, 1.165) is 21.3 Å². The predicted molar refractivity (Wildman–Crippen MR) is 80.8 cm³/mol. The molecule has 17 heavy (non-hydrogen) atoms. The molecule has 2 heterocycles. The van der Waals surface area contributed by atoms with Crippen LogP contribution in [0, 0.1) is 6.92 Å². The maximum absolute atomic E-state index is 4.41. The highest BCUT2D eigenvalue weighted by atomic mass is 79.9. The summed E-state index contributed by atoms with van der Waals surface area (Å²) in [4.78, 5) is 7.89. The summed E-state index contributed by atoms with van der Waals surface area (Å²) in [5.74, 6) is 0.996. The third-order valence-corrected chi connectivity index (χ3v) is 4.95. The summed E-state index contributed by atoms with van der Waals surface area (Å²) in [5.41, 5.74) is 1.20. The molecule has 0 bridgehead atoms. The van der Waals surface area contributed by atoms with Crippen LogP contribution in [0.4, 0.5) is 5.82 Å². The molecule has 0 N–H and O–H groups in total. The van der Waals surface area contributed by atoms with Crippen LogP contribution in [0.15, 0.2) is 32.7 Å². The lowest BCUT2D eigenvalue weighted by atomic mass is 10.3. The number of thiophene rings is 1. The Kier molecular flexibility index (Phi) is 4.22. The van der Waals surface area contributed by atoms with Crippen molar-refractivity contribution >= 4 is 49.0 Å². The van der Waals surface area contributed by atoms with Gasteiger partial charge in [-0.25, -0.2) is 4.98 Å². The van der Waals surface area contributed by atoms with Crippen molar-refractivity contribution < 1.29 is 0 Å². The van der Waals surface area contributed by atoms with E-state index in [1.54, 1.807) is 11.3 Å². The smallest absolute Gasteiger partial charge is 0.128 e. The molecule has 0 aromatic carbocycles. The van der Waals surface area contributed by atoms with Crippen molar-refractivity contribution in [2.75, 3.05) is 11.9 Å². The molecule has 0 amide bonds. The number of hydrogen-bond donors (Lipinski definition) is 0. The summed E-state index contributed by atoms with van der Waals surface area (Å²) >= 11 is 8.69. The van der Waals surface area contributed by atoms with Crippen LogP contribution in [-0.2, 0) is 6.54 Å². The third-order valence-electron chi connectivity index (χ3n) is 2.44. The third kappa shape index (κ3) is 3.30. The number of hydrogen-bond acceptors (Lipinski definition) is 3. The van der Waals surface area contributed by atoms with Gasteiger partial charge in [-0.1, -0.05) is 0 Å². The largest absolute Gasteiger partial charge is 0.355 e. The number of rotatable bonds is 3. The van der Waals surface area contributed by atoms with Crippen LogP contribution in [0.25, 0.3) is 0 Å². The Hall–Kier alpha value is -0.390. The number of aryl methyl sites for hydroxylation is 1. The first-order valence-corrected chi connectivity index (χ1v) is 7.59. The van der Waals surface area contributed by atoms with Crippen LogP contribution in [-0.4, -0.2) is 12.0 Å². The van der Waals surface area contributed by atoms with Crippen LogP contribution < -0.4 is 4.90 Å². The summed E-state index contributed by atoms with van der Waals surface area (Å²) in [6.45, 7) is 2.95. The topological polar surface area (TPSA) is 16.1 Å². The summed E-state index contributed by atoms with van der Waals surface area (Å²) in [5, 5.41) is 2.10. The predicted octanol–water partition coefficient (Wildman–Crippen LogP) is 4.61. The average Bonchev–Trinajstić information content (AvgIpc) is 2.68. The highest BCUT2D eigenvalue weighted by Crippen LogP contribution is 2.24. The molecular weight excluding hydrogens is 364 g/mol. The zero-order valence-corrected chi connectivity index (χ0v) is 13.6. The fourth-order valence-electron chi connectivity index (χ4n) is 1.48. The van der Waals surface area contributed by atoms with Gasteiger partial charge in [0.2, 0.25) is 0 Å². The zero-order chi connectivity index (χ0) is 12.4. The van der Waals surface area contributed by atoms with E-state index in [4.69, 9.17) is 0 Å². The maximum atomic E-state index is 4.41. The SMILES string of the molecule is Cc1cc(N(C)Cc2cc(Br)cs2)ncc1Br. The molecule has 0 aliphatic heterocycles. The van der Waals surface area contributed by atoms with Crippen molar-refractivity contribution in [1.82, 2.24) is 4.98 Å². The number of halogens is 2. The van der Waals surface area contributed by atoms with Gasteiger partial charge in [0.25, 0.3) is 0 Å². The molecule has 0 fully saturated rings. The molecule has 0 aliphatic carbocycles. The minimum atomic E-state index is 0.879. The van der Waals surface area contributed by atoms with E-state index >= 15 is 0 Å². The monoisotopic (exact) mass is 374 g/mol. The first-order valence-electron chi connectivity index (χ1n) is 5.12. The summed E-state index contributed by atoms with van der Waals surface area (Å²) < 4.78 is 2.19. The lowest BCUT2D eigenvalue weighted by molar-refractivity contribution is 0.909. The lowest BCUT2D eigenvalue weighted by Crippen LogP contribution is -2.16. The van der Waals surface area contributed by atoms with E-state index in [1.807, 2.05) is 6.20 Å². The minimum Gasteiger partial charge on any atom is -0.355 e. The Morgan fingerprint density at radius 3 is 2.71 bits per heavy atom. The summed E-state index contributed by atoms with van der Waals surface area (Å²) in [7, 11) is 2.06. The number of aromatic nitrogens is 1. The average molecular weight is 376 g/mol. The second-order valence-corrected chi connectivity index (χ2v) is 6.64. The van der Waals surface area contributed by atoms with Crippen molar-refractivity contribution in [3.63, 3.8) is 0 Å². The summed E-state index contributed by atoms with van der Waals surface area (Å²) in [6.07, 6.45) is 1.85. The van der Waals surface area contributed by atoms with E-state index < -0.39 is 0 Å².